The first kappa shape index (κ1) is 18.1. The van der Waals surface area contributed by atoms with Crippen molar-refractivity contribution in [2.75, 3.05) is 27.4 Å². The molecule has 1 amide bonds. The Hall–Kier alpha value is -2.28. The normalized spacial score (nSPS) is 14.8. The van der Waals surface area contributed by atoms with Gasteiger partial charge in [0.2, 0.25) is 5.91 Å². The van der Waals surface area contributed by atoms with Crippen LogP contribution in [0.5, 0.6) is 11.5 Å². The molecule has 2 N–H and O–H groups in total. The zero-order chi connectivity index (χ0) is 17.5. The highest BCUT2D eigenvalue weighted by Gasteiger charge is 2.24. The van der Waals surface area contributed by atoms with Gasteiger partial charge in [0.05, 0.1) is 33.3 Å². The van der Waals surface area contributed by atoms with Crippen LogP contribution in [0.3, 0.4) is 0 Å². The predicted octanol–water partition coefficient (Wildman–Crippen LogP) is 1.76. The summed E-state index contributed by atoms with van der Waals surface area (Å²) in [5.74, 6) is 0.245. The molecule has 0 heterocycles. The number of carboxylic acids is 1. The Balaban J connectivity index is 2.05. The second-order valence-corrected chi connectivity index (χ2v) is 5.78. The number of hydrogen-bond donors (Lipinski definition) is 2. The number of amides is 1. The summed E-state index contributed by atoms with van der Waals surface area (Å²) < 4.78 is 15.8. The molecule has 0 radical (unpaired) electrons. The van der Waals surface area contributed by atoms with Gasteiger partial charge in [-0.05, 0) is 30.9 Å². The smallest absolute Gasteiger partial charge is 0.305 e. The first-order valence-corrected chi connectivity index (χ1v) is 7.84. The standard InChI is InChI=1S/C17H23NO6/c1-22-12-5-6-13(15(7-12)23-2)14(8-17(20)21)18-16(19)10-24-9-11-3-4-11/h5-7,11,14H,3-4,8-10H2,1-2H3,(H,18,19)(H,20,21). The third-order valence-electron chi connectivity index (χ3n) is 3.81. The van der Waals surface area contributed by atoms with Crippen LogP contribution < -0.4 is 14.8 Å². The molecule has 7 heteroatoms. The van der Waals surface area contributed by atoms with Crippen molar-refractivity contribution in [1.82, 2.24) is 5.32 Å². The maximum Gasteiger partial charge on any atom is 0.305 e. The molecule has 1 atom stereocenters. The van der Waals surface area contributed by atoms with Crippen LogP contribution in [0.1, 0.15) is 30.9 Å². The second kappa shape index (κ2) is 8.54. The van der Waals surface area contributed by atoms with E-state index >= 15 is 0 Å². The van der Waals surface area contributed by atoms with Gasteiger partial charge in [-0.3, -0.25) is 9.59 Å². The lowest BCUT2D eigenvalue weighted by Crippen LogP contribution is -2.33. The average Bonchev–Trinajstić information content (AvgIpc) is 3.37. The van der Waals surface area contributed by atoms with Gasteiger partial charge in [0.15, 0.2) is 0 Å². The highest BCUT2D eigenvalue weighted by atomic mass is 16.5. The number of carbonyl (C=O) groups is 2. The van der Waals surface area contributed by atoms with Crippen molar-refractivity contribution >= 4 is 11.9 Å². The molecule has 7 nitrogen and oxygen atoms in total. The third-order valence-corrected chi connectivity index (χ3v) is 3.81. The summed E-state index contributed by atoms with van der Waals surface area (Å²) in [5, 5.41) is 11.8. The molecular weight excluding hydrogens is 314 g/mol. The molecule has 0 bridgehead atoms. The molecule has 1 saturated carbocycles. The van der Waals surface area contributed by atoms with Crippen LogP contribution in [0.2, 0.25) is 0 Å². The first-order valence-electron chi connectivity index (χ1n) is 7.84. The van der Waals surface area contributed by atoms with Gasteiger partial charge in [-0.1, -0.05) is 0 Å². The Morgan fingerprint density at radius 1 is 1.29 bits per heavy atom. The summed E-state index contributed by atoms with van der Waals surface area (Å²) in [6.45, 7) is 0.494. The Morgan fingerprint density at radius 3 is 2.62 bits per heavy atom. The molecule has 1 aromatic carbocycles. The molecule has 0 aliphatic heterocycles. The summed E-state index contributed by atoms with van der Waals surface area (Å²) in [4.78, 5) is 23.2. The minimum atomic E-state index is -1.02. The molecule has 0 aromatic heterocycles. The fraction of sp³-hybridized carbons (Fsp3) is 0.529. The number of rotatable bonds is 10. The van der Waals surface area contributed by atoms with E-state index in [4.69, 9.17) is 19.3 Å². The summed E-state index contributed by atoms with van der Waals surface area (Å²) in [7, 11) is 3.01. The lowest BCUT2D eigenvalue weighted by Gasteiger charge is -2.20. The molecular formula is C17H23NO6. The molecule has 132 valence electrons. The van der Waals surface area contributed by atoms with E-state index in [1.165, 1.54) is 14.2 Å². The van der Waals surface area contributed by atoms with Crippen LogP contribution in [0.15, 0.2) is 18.2 Å². The number of carboxylic acid groups (broad SMARTS) is 1. The van der Waals surface area contributed by atoms with Gasteiger partial charge in [0.1, 0.15) is 18.1 Å². The van der Waals surface area contributed by atoms with E-state index in [2.05, 4.69) is 5.32 Å². The van der Waals surface area contributed by atoms with Gasteiger partial charge in [-0.15, -0.1) is 0 Å². The zero-order valence-corrected chi connectivity index (χ0v) is 13.9. The summed E-state index contributed by atoms with van der Waals surface area (Å²) in [5.41, 5.74) is 0.580. The van der Waals surface area contributed by atoms with Crippen LogP contribution in [0.25, 0.3) is 0 Å². The zero-order valence-electron chi connectivity index (χ0n) is 13.9. The number of hydrogen-bond acceptors (Lipinski definition) is 5. The molecule has 1 aromatic rings. The Kier molecular flexibility index (Phi) is 6.43. The van der Waals surface area contributed by atoms with Gasteiger partial charge in [-0.25, -0.2) is 0 Å². The van der Waals surface area contributed by atoms with Crippen molar-refractivity contribution in [3.63, 3.8) is 0 Å². The average molecular weight is 337 g/mol. The molecule has 1 fully saturated rings. The largest absolute Gasteiger partial charge is 0.497 e. The van der Waals surface area contributed by atoms with Gasteiger partial charge >= 0.3 is 5.97 Å². The van der Waals surface area contributed by atoms with Crippen molar-refractivity contribution in [3.05, 3.63) is 23.8 Å². The van der Waals surface area contributed by atoms with Crippen LogP contribution >= 0.6 is 0 Å². The van der Waals surface area contributed by atoms with E-state index in [1.54, 1.807) is 18.2 Å². The van der Waals surface area contributed by atoms with Crippen molar-refractivity contribution in [1.29, 1.82) is 0 Å². The Morgan fingerprint density at radius 2 is 2.04 bits per heavy atom. The number of carbonyl (C=O) groups excluding carboxylic acids is 1. The van der Waals surface area contributed by atoms with Crippen molar-refractivity contribution in [2.24, 2.45) is 5.92 Å². The lowest BCUT2D eigenvalue weighted by molar-refractivity contribution is -0.138. The van der Waals surface area contributed by atoms with Crippen LogP contribution in [0, 0.1) is 5.92 Å². The van der Waals surface area contributed by atoms with Gasteiger partial charge in [0.25, 0.3) is 0 Å². The minimum Gasteiger partial charge on any atom is -0.497 e. The van der Waals surface area contributed by atoms with Crippen molar-refractivity contribution in [2.45, 2.75) is 25.3 Å². The van der Waals surface area contributed by atoms with Gasteiger partial charge in [-0.2, -0.15) is 0 Å². The quantitative estimate of drug-likeness (QED) is 0.676. The number of aliphatic carboxylic acids is 1. The van der Waals surface area contributed by atoms with Crippen LogP contribution in [-0.2, 0) is 14.3 Å². The fourth-order valence-corrected chi connectivity index (χ4v) is 2.36. The van der Waals surface area contributed by atoms with Gasteiger partial charge < -0.3 is 24.6 Å². The predicted molar refractivity (Wildman–Crippen MR) is 86.2 cm³/mol. The summed E-state index contributed by atoms with van der Waals surface area (Å²) >= 11 is 0. The third kappa shape index (κ3) is 5.42. The number of methoxy groups -OCH3 is 2. The molecule has 24 heavy (non-hydrogen) atoms. The molecule has 1 aliphatic rings. The fourth-order valence-electron chi connectivity index (χ4n) is 2.36. The monoisotopic (exact) mass is 337 g/mol. The minimum absolute atomic E-state index is 0.0783. The summed E-state index contributed by atoms with van der Waals surface area (Å²) in [6, 6.07) is 4.33. The van der Waals surface area contributed by atoms with Crippen LogP contribution in [-0.4, -0.2) is 44.4 Å². The maximum atomic E-state index is 12.0. The lowest BCUT2D eigenvalue weighted by atomic mass is 10.0. The van der Waals surface area contributed by atoms with E-state index < -0.39 is 12.0 Å². The molecule has 2 rings (SSSR count). The Bertz CT molecular complexity index is 584. The Labute approximate surface area is 140 Å². The van der Waals surface area contributed by atoms with E-state index in [1.807, 2.05) is 0 Å². The van der Waals surface area contributed by atoms with E-state index in [-0.39, 0.29) is 18.9 Å². The van der Waals surface area contributed by atoms with Gasteiger partial charge in [0, 0.05) is 11.6 Å². The highest BCUT2D eigenvalue weighted by Crippen LogP contribution is 2.31. The SMILES string of the molecule is COc1ccc(C(CC(=O)O)NC(=O)COCC2CC2)c(OC)c1. The van der Waals surface area contributed by atoms with E-state index in [9.17, 15) is 9.59 Å². The van der Waals surface area contributed by atoms with Crippen molar-refractivity contribution in [3.8, 4) is 11.5 Å². The topological polar surface area (TPSA) is 94.1 Å². The molecule has 0 saturated heterocycles. The van der Waals surface area contributed by atoms with Crippen LogP contribution in [0.4, 0.5) is 0 Å². The molecule has 1 aliphatic carbocycles. The number of nitrogens with one attached hydrogen (secondary N) is 1. The summed E-state index contributed by atoms with van der Waals surface area (Å²) in [6.07, 6.45) is 2.04. The second-order valence-electron chi connectivity index (χ2n) is 5.78. The van der Waals surface area contributed by atoms with Crippen molar-refractivity contribution < 1.29 is 28.9 Å². The highest BCUT2D eigenvalue weighted by molar-refractivity contribution is 5.79. The number of ether oxygens (including phenoxy) is 3. The number of benzene rings is 1. The van der Waals surface area contributed by atoms with E-state index in [0.29, 0.717) is 29.6 Å². The molecule has 0 spiro atoms. The van der Waals surface area contributed by atoms with E-state index in [0.717, 1.165) is 12.8 Å². The maximum absolute atomic E-state index is 12.0. The first-order chi connectivity index (χ1) is 11.5. The molecule has 1 unspecified atom stereocenters.